The molecule has 2 rings (SSSR count). The van der Waals surface area contributed by atoms with Gasteiger partial charge in [0.05, 0.1) is 16.2 Å². The van der Waals surface area contributed by atoms with Crippen LogP contribution >= 0.6 is 0 Å². The van der Waals surface area contributed by atoms with Gasteiger partial charge in [0.1, 0.15) is 5.69 Å². The van der Waals surface area contributed by atoms with Crippen LogP contribution in [-0.2, 0) is 6.18 Å². The van der Waals surface area contributed by atoms with Crippen molar-refractivity contribution in [2.75, 3.05) is 4.90 Å². The van der Waals surface area contributed by atoms with E-state index in [2.05, 4.69) is 0 Å². The predicted octanol–water partition coefficient (Wildman–Crippen LogP) is 4.43. The summed E-state index contributed by atoms with van der Waals surface area (Å²) in [6.45, 7) is 0. The molecular formula is C14H9F3N2O4. The molecule has 0 saturated heterocycles. The molecule has 0 spiro atoms. The maximum absolute atomic E-state index is 12.8. The van der Waals surface area contributed by atoms with Crippen molar-refractivity contribution in [3.05, 3.63) is 64.2 Å². The lowest BCUT2D eigenvalue weighted by Crippen LogP contribution is -2.25. The van der Waals surface area contributed by atoms with Crippen molar-refractivity contribution >= 4 is 23.2 Å². The van der Waals surface area contributed by atoms with Gasteiger partial charge in [0.25, 0.3) is 5.69 Å². The number of nitro groups is 1. The van der Waals surface area contributed by atoms with E-state index >= 15 is 0 Å². The zero-order valence-electron chi connectivity index (χ0n) is 11.3. The Morgan fingerprint density at radius 1 is 1.13 bits per heavy atom. The average molecular weight is 326 g/mol. The number of benzene rings is 2. The van der Waals surface area contributed by atoms with Crippen LogP contribution < -0.4 is 4.90 Å². The highest BCUT2D eigenvalue weighted by Gasteiger charge is 2.32. The van der Waals surface area contributed by atoms with Gasteiger partial charge in [-0.05, 0) is 24.3 Å². The smallest absolute Gasteiger partial charge is 0.416 e. The highest BCUT2D eigenvalue weighted by Crippen LogP contribution is 2.36. The molecule has 0 aromatic heterocycles. The lowest BCUT2D eigenvalue weighted by molar-refractivity contribution is -0.384. The third kappa shape index (κ3) is 3.39. The summed E-state index contributed by atoms with van der Waals surface area (Å²) < 4.78 is 38.3. The first-order chi connectivity index (χ1) is 10.7. The minimum Gasteiger partial charge on any atom is -0.464 e. The summed E-state index contributed by atoms with van der Waals surface area (Å²) in [5, 5.41) is 20.3. The number of para-hydroxylation sites is 2. The maximum Gasteiger partial charge on any atom is 0.416 e. The Kier molecular flexibility index (Phi) is 4.21. The van der Waals surface area contributed by atoms with E-state index in [0.717, 1.165) is 30.3 Å². The number of halogens is 3. The van der Waals surface area contributed by atoms with Gasteiger partial charge in [0.15, 0.2) is 0 Å². The molecule has 0 unspecified atom stereocenters. The molecule has 0 radical (unpaired) electrons. The largest absolute Gasteiger partial charge is 0.464 e. The average Bonchev–Trinajstić information content (AvgIpc) is 2.47. The molecule has 0 aliphatic rings. The molecule has 0 heterocycles. The molecule has 0 bridgehead atoms. The van der Waals surface area contributed by atoms with E-state index in [0.29, 0.717) is 11.0 Å². The van der Waals surface area contributed by atoms with Gasteiger partial charge in [-0.25, -0.2) is 9.69 Å². The monoisotopic (exact) mass is 326 g/mol. The van der Waals surface area contributed by atoms with Crippen LogP contribution in [0.2, 0.25) is 0 Å². The van der Waals surface area contributed by atoms with Crippen molar-refractivity contribution in [2.24, 2.45) is 0 Å². The molecular weight excluding hydrogens is 317 g/mol. The SMILES string of the molecule is O=C(O)N(c1cccc(C(F)(F)F)c1)c1ccccc1[N+](=O)[O-]. The summed E-state index contributed by atoms with van der Waals surface area (Å²) in [4.78, 5) is 22.1. The van der Waals surface area contributed by atoms with Crippen LogP contribution in [0.25, 0.3) is 0 Å². The molecule has 6 nitrogen and oxygen atoms in total. The van der Waals surface area contributed by atoms with E-state index in [9.17, 15) is 33.2 Å². The Morgan fingerprint density at radius 3 is 2.35 bits per heavy atom. The van der Waals surface area contributed by atoms with Crippen molar-refractivity contribution in [2.45, 2.75) is 6.18 Å². The van der Waals surface area contributed by atoms with Gasteiger partial charge < -0.3 is 5.11 Å². The second kappa shape index (κ2) is 5.95. The zero-order valence-corrected chi connectivity index (χ0v) is 11.3. The first-order valence-corrected chi connectivity index (χ1v) is 6.15. The Balaban J connectivity index is 2.62. The van der Waals surface area contributed by atoms with Crippen LogP contribution in [0.3, 0.4) is 0 Å². The molecule has 1 amide bonds. The number of nitro benzene ring substituents is 1. The van der Waals surface area contributed by atoms with Gasteiger partial charge >= 0.3 is 12.3 Å². The number of nitrogens with zero attached hydrogens (tertiary/aromatic N) is 2. The summed E-state index contributed by atoms with van der Waals surface area (Å²) in [7, 11) is 0. The summed E-state index contributed by atoms with van der Waals surface area (Å²) in [5.41, 5.74) is -2.28. The highest BCUT2D eigenvalue weighted by molar-refractivity contribution is 5.97. The molecule has 0 aliphatic carbocycles. The standard InChI is InChI=1S/C14H9F3N2O4/c15-14(16,17)9-4-3-5-10(8-9)18(13(20)21)11-6-1-2-7-12(11)19(22)23/h1-8H,(H,20,21). The van der Waals surface area contributed by atoms with E-state index in [1.807, 2.05) is 0 Å². The van der Waals surface area contributed by atoms with Crippen molar-refractivity contribution in [1.29, 1.82) is 0 Å². The quantitative estimate of drug-likeness (QED) is 0.668. The molecule has 0 atom stereocenters. The summed E-state index contributed by atoms with van der Waals surface area (Å²) in [5.74, 6) is 0. The van der Waals surface area contributed by atoms with Gasteiger partial charge in [-0.15, -0.1) is 0 Å². The van der Waals surface area contributed by atoms with Crippen molar-refractivity contribution in [3.63, 3.8) is 0 Å². The fraction of sp³-hybridized carbons (Fsp3) is 0.0714. The molecule has 1 N–H and O–H groups in total. The lowest BCUT2D eigenvalue weighted by atomic mass is 10.1. The van der Waals surface area contributed by atoms with Crippen LogP contribution in [0.1, 0.15) is 5.56 Å². The summed E-state index contributed by atoms with van der Waals surface area (Å²) in [6, 6.07) is 8.45. The number of hydrogen-bond donors (Lipinski definition) is 1. The molecule has 120 valence electrons. The summed E-state index contributed by atoms with van der Waals surface area (Å²) >= 11 is 0. The fourth-order valence-electron chi connectivity index (χ4n) is 1.98. The summed E-state index contributed by atoms with van der Waals surface area (Å²) in [6.07, 6.45) is -6.30. The molecule has 23 heavy (non-hydrogen) atoms. The van der Waals surface area contributed by atoms with Crippen LogP contribution in [0.4, 0.5) is 35.0 Å². The van der Waals surface area contributed by atoms with Crippen LogP contribution in [0.15, 0.2) is 48.5 Å². The first-order valence-electron chi connectivity index (χ1n) is 6.15. The van der Waals surface area contributed by atoms with Gasteiger partial charge in [-0.2, -0.15) is 13.2 Å². The van der Waals surface area contributed by atoms with Gasteiger partial charge in [0.2, 0.25) is 0 Å². The Bertz CT molecular complexity index is 762. The van der Waals surface area contributed by atoms with Crippen LogP contribution in [0.5, 0.6) is 0 Å². The van der Waals surface area contributed by atoms with Crippen molar-refractivity contribution in [1.82, 2.24) is 0 Å². The Labute approximate surface area is 127 Å². The lowest BCUT2D eigenvalue weighted by Gasteiger charge is -2.20. The van der Waals surface area contributed by atoms with Crippen LogP contribution in [0, 0.1) is 10.1 Å². The topological polar surface area (TPSA) is 83.7 Å². The zero-order chi connectivity index (χ0) is 17.2. The van der Waals surface area contributed by atoms with Gasteiger partial charge in [0, 0.05) is 6.07 Å². The molecule has 2 aromatic rings. The first kappa shape index (κ1) is 16.3. The number of alkyl halides is 3. The minimum absolute atomic E-state index is 0.343. The van der Waals surface area contributed by atoms with Crippen molar-refractivity contribution in [3.8, 4) is 0 Å². The van der Waals surface area contributed by atoms with E-state index in [-0.39, 0.29) is 11.4 Å². The Morgan fingerprint density at radius 2 is 1.78 bits per heavy atom. The second-order valence-corrected chi connectivity index (χ2v) is 4.41. The maximum atomic E-state index is 12.8. The second-order valence-electron chi connectivity index (χ2n) is 4.41. The number of rotatable bonds is 3. The van der Waals surface area contributed by atoms with Crippen molar-refractivity contribution < 1.29 is 28.0 Å². The molecule has 0 saturated carbocycles. The number of carbonyl (C=O) groups is 1. The molecule has 9 heteroatoms. The molecule has 0 fully saturated rings. The van der Waals surface area contributed by atoms with Crippen LogP contribution in [-0.4, -0.2) is 16.1 Å². The number of anilines is 2. The van der Waals surface area contributed by atoms with E-state index in [4.69, 9.17) is 0 Å². The van der Waals surface area contributed by atoms with E-state index in [1.165, 1.54) is 12.1 Å². The van der Waals surface area contributed by atoms with Gasteiger partial charge in [-0.3, -0.25) is 10.1 Å². The highest BCUT2D eigenvalue weighted by atomic mass is 19.4. The normalized spacial score (nSPS) is 11.1. The number of carboxylic acid groups (broad SMARTS) is 1. The predicted molar refractivity (Wildman–Crippen MR) is 74.7 cm³/mol. The number of amides is 1. The third-order valence-corrected chi connectivity index (χ3v) is 2.94. The van der Waals surface area contributed by atoms with E-state index in [1.54, 1.807) is 0 Å². The Hall–Kier alpha value is -3.10. The third-order valence-electron chi connectivity index (χ3n) is 2.94. The molecule has 0 aliphatic heterocycles. The fourth-order valence-corrected chi connectivity index (χ4v) is 1.98. The van der Waals surface area contributed by atoms with Gasteiger partial charge in [-0.1, -0.05) is 18.2 Å². The van der Waals surface area contributed by atoms with E-state index < -0.39 is 28.4 Å². The number of hydrogen-bond acceptors (Lipinski definition) is 3. The molecule has 2 aromatic carbocycles. The minimum atomic E-state index is -4.66.